The van der Waals surface area contributed by atoms with Gasteiger partial charge in [0.05, 0.1) is 11.9 Å². The first kappa shape index (κ1) is 9.24. The van der Waals surface area contributed by atoms with Gasteiger partial charge in [-0.3, -0.25) is 4.79 Å². The molecule has 1 amide bonds. The van der Waals surface area contributed by atoms with E-state index in [1.807, 2.05) is 0 Å². The summed E-state index contributed by atoms with van der Waals surface area (Å²) in [4.78, 5) is 26.9. The number of carbonyl (C=O) groups is 2. The number of aromatic nitrogens is 2. The molecule has 6 nitrogen and oxygen atoms in total. The van der Waals surface area contributed by atoms with Crippen LogP contribution in [0.3, 0.4) is 0 Å². The summed E-state index contributed by atoms with van der Waals surface area (Å²) in [5.41, 5.74) is 0.394. The molecule has 0 aliphatic heterocycles. The van der Waals surface area contributed by atoms with Crippen molar-refractivity contribution in [3.63, 3.8) is 0 Å². The van der Waals surface area contributed by atoms with E-state index in [4.69, 9.17) is 5.11 Å². The molecule has 0 unspecified atom stereocenters. The van der Waals surface area contributed by atoms with Crippen LogP contribution >= 0.6 is 0 Å². The third-order valence-corrected chi connectivity index (χ3v) is 1.41. The lowest BCUT2D eigenvalue weighted by atomic mass is 10.4. The molecule has 1 rings (SSSR count). The average molecular weight is 183 g/mol. The van der Waals surface area contributed by atoms with Crippen LogP contribution in [0.25, 0.3) is 0 Å². The van der Waals surface area contributed by atoms with Gasteiger partial charge in [-0.1, -0.05) is 0 Å². The van der Waals surface area contributed by atoms with Crippen molar-refractivity contribution in [2.24, 2.45) is 0 Å². The molecule has 0 bridgehead atoms. The lowest BCUT2D eigenvalue weighted by Gasteiger charge is -1.96. The Labute approximate surface area is 74.0 Å². The molecule has 6 heteroatoms. The smallest absolute Gasteiger partial charge is 0.404 e. The Morgan fingerprint density at radius 3 is 3.08 bits per heavy atom. The number of nitrogens with zero attached hydrogens (tertiary/aromatic N) is 1. The van der Waals surface area contributed by atoms with Gasteiger partial charge in [-0.25, -0.2) is 9.78 Å². The van der Waals surface area contributed by atoms with Crippen LogP contribution in [0.5, 0.6) is 0 Å². The molecule has 1 aromatic rings. The van der Waals surface area contributed by atoms with Crippen molar-refractivity contribution in [2.75, 3.05) is 6.54 Å². The molecule has 1 heterocycles. The van der Waals surface area contributed by atoms with E-state index in [-0.39, 0.29) is 6.54 Å². The van der Waals surface area contributed by atoms with Crippen LogP contribution in [0, 0.1) is 0 Å². The second-order valence-corrected chi connectivity index (χ2v) is 2.39. The van der Waals surface area contributed by atoms with Gasteiger partial charge in [0.1, 0.15) is 5.82 Å². The SMILES string of the molecule is O=Cc1cnc(CCNC(=O)O)[nH]1. The molecule has 1 aromatic heterocycles. The van der Waals surface area contributed by atoms with Crippen LogP contribution in [-0.2, 0) is 6.42 Å². The van der Waals surface area contributed by atoms with Gasteiger partial charge in [-0.2, -0.15) is 0 Å². The lowest BCUT2D eigenvalue weighted by Crippen LogP contribution is -2.23. The van der Waals surface area contributed by atoms with Gasteiger partial charge < -0.3 is 15.4 Å². The highest BCUT2D eigenvalue weighted by molar-refractivity contribution is 5.71. The van der Waals surface area contributed by atoms with E-state index in [0.29, 0.717) is 24.2 Å². The topological polar surface area (TPSA) is 95.1 Å². The van der Waals surface area contributed by atoms with Gasteiger partial charge in [-0.05, 0) is 0 Å². The zero-order valence-corrected chi connectivity index (χ0v) is 6.78. The maximum Gasteiger partial charge on any atom is 0.404 e. The largest absolute Gasteiger partial charge is 0.465 e. The van der Waals surface area contributed by atoms with E-state index in [2.05, 4.69) is 15.3 Å². The first-order chi connectivity index (χ1) is 6.22. The van der Waals surface area contributed by atoms with E-state index >= 15 is 0 Å². The molecular weight excluding hydrogens is 174 g/mol. The molecular formula is C7H9N3O3. The Hall–Kier alpha value is -1.85. The van der Waals surface area contributed by atoms with E-state index < -0.39 is 6.09 Å². The Bertz CT molecular complexity index is 308. The molecule has 0 saturated heterocycles. The summed E-state index contributed by atoms with van der Waals surface area (Å²) in [6.07, 6.45) is 1.44. The minimum Gasteiger partial charge on any atom is -0.465 e. The van der Waals surface area contributed by atoms with Gasteiger partial charge in [0.25, 0.3) is 0 Å². The molecule has 70 valence electrons. The highest BCUT2D eigenvalue weighted by Gasteiger charge is 2.00. The minimum absolute atomic E-state index is 0.279. The molecule has 0 fully saturated rings. The van der Waals surface area contributed by atoms with Gasteiger partial charge in [0.2, 0.25) is 0 Å². The number of hydrogen-bond acceptors (Lipinski definition) is 3. The molecule has 0 atom stereocenters. The predicted molar refractivity (Wildman–Crippen MR) is 43.7 cm³/mol. The Balaban J connectivity index is 2.36. The van der Waals surface area contributed by atoms with Gasteiger partial charge in [-0.15, -0.1) is 0 Å². The fraction of sp³-hybridized carbons (Fsp3) is 0.286. The number of carboxylic acid groups (broad SMARTS) is 1. The first-order valence-electron chi connectivity index (χ1n) is 3.68. The number of imidazole rings is 1. The van der Waals surface area contributed by atoms with Crippen LogP contribution < -0.4 is 5.32 Å². The van der Waals surface area contributed by atoms with Crippen molar-refractivity contribution >= 4 is 12.4 Å². The lowest BCUT2D eigenvalue weighted by molar-refractivity contribution is 0.111. The summed E-state index contributed by atoms with van der Waals surface area (Å²) in [5.74, 6) is 0.593. The molecule has 0 aliphatic carbocycles. The summed E-state index contributed by atoms with van der Waals surface area (Å²) >= 11 is 0. The highest BCUT2D eigenvalue weighted by Crippen LogP contribution is 1.93. The third kappa shape index (κ3) is 2.94. The van der Waals surface area contributed by atoms with Crippen LogP contribution in [0.15, 0.2) is 6.20 Å². The van der Waals surface area contributed by atoms with E-state index in [1.54, 1.807) is 0 Å². The maximum atomic E-state index is 10.2. The number of H-pyrrole nitrogens is 1. The van der Waals surface area contributed by atoms with Gasteiger partial charge in [0.15, 0.2) is 6.29 Å². The van der Waals surface area contributed by atoms with Crippen molar-refractivity contribution in [1.29, 1.82) is 0 Å². The standard InChI is InChI=1S/C7H9N3O3/c11-4-5-3-9-6(10-5)1-2-8-7(12)13/h3-4,8H,1-2H2,(H,9,10)(H,12,13). The van der Waals surface area contributed by atoms with Crippen molar-refractivity contribution in [2.45, 2.75) is 6.42 Å². The number of amides is 1. The summed E-state index contributed by atoms with van der Waals surface area (Å²) < 4.78 is 0. The number of carbonyl (C=O) groups excluding carboxylic acids is 1. The summed E-state index contributed by atoms with van der Waals surface area (Å²) in [6, 6.07) is 0. The first-order valence-corrected chi connectivity index (χ1v) is 3.68. The van der Waals surface area contributed by atoms with Gasteiger partial charge in [0, 0.05) is 13.0 Å². The quantitative estimate of drug-likeness (QED) is 0.574. The van der Waals surface area contributed by atoms with E-state index in [9.17, 15) is 9.59 Å². The van der Waals surface area contributed by atoms with Crippen LogP contribution in [-0.4, -0.2) is 34.0 Å². The van der Waals surface area contributed by atoms with E-state index in [1.165, 1.54) is 6.20 Å². The number of aldehydes is 1. The summed E-state index contributed by atoms with van der Waals surface area (Å²) in [7, 11) is 0. The van der Waals surface area contributed by atoms with Crippen molar-refractivity contribution in [3.8, 4) is 0 Å². The predicted octanol–water partition coefficient (Wildman–Crippen LogP) is 0.0323. The van der Waals surface area contributed by atoms with Crippen molar-refractivity contribution < 1.29 is 14.7 Å². The van der Waals surface area contributed by atoms with Gasteiger partial charge >= 0.3 is 6.09 Å². The number of nitrogens with one attached hydrogen (secondary N) is 2. The fourth-order valence-electron chi connectivity index (χ4n) is 0.853. The minimum atomic E-state index is -1.07. The fourth-order valence-corrected chi connectivity index (χ4v) is 0.853. The number of aromatic amines is 1. The molecule has 0 aromatic carbocycles. The zero-order valence-electron chi connectivity index (χ0n) is 6.78. The second kappa shape index (κ2) is 4.24. The Morgan fingerprint density at radius 2 is 2.54 bits per heavy atom. The highest BCUT2D eigenvalue weighted by atomic mass is 16.4. The molecule has 0 radical (unpaired) electrons. The Morgan fingerprint density at radius 1 is 1.77 bits per heavy atom. The zero-order chi connectivity index (χ0) is 9.68. The molecule has 13 heavy (non-hydrogen) atoms. The monoisotopic (exact) mass is 183 g/mol. The van der Waals surface area contributed by atoms with Crippen molar-refractivity contribution in [1.82, 2.24) is 15.3 Å². The maximum absolute atomic E-state index is 10.2. The van der Waals surface area contributed by atoms with Crippen molar-refractivity contribution in [3.05, 3.63) is 17.7 Å². The molecule has 3 N–H and O–H groups in total. The molecule has 0 saturated carbocycles. The molecule has 0 spiro atoms. The normalized spacial score (nSPS) is 9.54. The molecule has 0 aliphatic rings. The van der Waals surface area contributed by atoms with Crippen LogP contribution in [0.2, 0.25) is 0 Å². The van der Waals surface area contributed by atoms with Crippen LogP contribution in [0.1, 0.15) is 16.3 Å². The Kier molecular flexibility index (Phi) is 3.02. The average Bonchev–Trinajstić information content (AvgIpc) is 2.52. The second-order valence-electron chi connectivity index (χ2n) is 2.39. The summed E-state index contributed by atoms with van der Waals surface area (Å²) in [6.45, 7) is 0.279. The number of rotatable bonds is 4. The summed E-state index contributed by atoms with van der Waals surface area (Å²) in [5, 5.41) is 10.4. The van der Waals surface area contributed by atoms with Crippen LogP contribution in [0.4, 0.5) is 4.79 Å². The number of hydrogen-bond donors (Lipinski definition) is 3. The van der Waals surface area contributed by atoms with E-state index in [0.717, 1.165) is 0 Å². The third-order valence-electron chi connectivity index (χ3n) is 1.41.